The zero-order valence-electron chi connectivity index (χ0n) is 57.3. The minimum Gasteiger partial charge on any atom is -0.477 e. The maximum atomic E-state index is 11.7. The number of aliphatic hydroxyl groups is 3. The van der Waals surface area contributed by atoms with Crippen molar-refractivity contribution in [2.45, 2.75) is 48.5 Å². The minimum atomic E-state index is -1.06. The van der Waals surface area contributed by atoms with Gasteiger partial charge in [0.1, 0.15) is 60.4 Å². The smallest absolute Gasteiger partial charge is 0.354 e. The molecule has 0 unspecified atom stereocenters. The first-order valence-corrected chi connectivity index (χ1v) is 30.2. The van der Waals surface area contributed by atoms with Crippen molar-refractivity contribution in [3.05, 3.63) is 184 Å². The fourth-order valence-corrected chi connectivity index (χ4v) is 9.82. The quantitative estimate of drug-likeness (QED) is 0.0768. The van der Waals surface area contributed by atoms with Crippen molar-refractivity contribution in [2.24, 2.45) is 42.3 Å². The molecular weight excluding hydrogens is 1320 g/mol. The summed E-state index contributed by atoms with van der Waals surface area (Å²) in [6, 6.07) is 10.4. The molecule has 102 heavy (non-hydrogen) atoms. The Kier molecular flexibility index (Phi) is 25.5. The van der Waals surface area contributed by atoms with Gasteiger partial charge in [0.25, 0.3) is 0 Å². The van der Waals surface area contributed by atoms with Gasteiger partial charge in [-0.1, -0.05) is 0 Å². The largest absolute Gasteiger partial charge is 0.477 e. The van der Waals surface area contributed by atoms with E-state index < -0.39 is 37.7 Å². The van der Waals surface area contributed by atoms with Crippen molar-refractivity contribution in [3.63, 3.8) is 0 Å². The summed E-state index contributed by atoms with van der Waals surface area (Å²) in [4.78, 5) is 97.3. The zero-order chi connectivity index (χ0) is 74.8. The van der Waals surface area contributed by atoms with Crippen LogP contribution in [0.15, 0.2) is 105 Å². The average molecular weight is 1390 g/mol. The molecule has 12 aromatic rings. The molecule has 0 spiro atoms. The van der Waals surface area contributed by atoms with Crippen LogP contribution in [0.2, 0.25) is 0 Å². The number of carboxylic acid groups (broad SMARTS) is 3. The van der Waals surface area contributed by atoms with Crippen LogP contribution < -0.4 is 0 Å². The van der Waals surface area contributed by atoms with Gasteiger partial charge in [0, 0.05) is 90.6 Å². The maximum absolute atomic E-state index is 11.7. The number of nitrogens with zero attached hydrogens (tertiary/aromatic N) is 24. The number of nitriles is 1. The van der Waals surface area contributed by atoms with Crippen molar-refractivity contribution in [2.75, 3.05) is 19.8 Å². The van der Waals surface area contributed by atoms with Crippen molar-refractivity contribution in [1.29, 1.82) is 5.26 Å². The van der Waals surface area contributed by atoms with Crippen LogP contribution in [0.1, 0.15) is 108 Å². The monoisotopic (exact) mass is 1390 g/mol. The normalized spacial score (nSPS) is 10.4. The summed E-state index contributed by atoms with van der Waals surface area (Å²) in [6.45, 7) is 11.1. The molecular formula is C66H68N24O12. The molecule has 0 aromatic carbocycles. The summed E-state index contributed by atoms with van der Waals surface area (Å²) in [5.41, 5.74) is 12.1. The van der Waals surface area contributed by atoms with Crippen LogP contribution in [0.3, 0.4) is 0 Å². The third-order valence-corrected chi connectivity index (χ3v) is 14.7. The number of carbonyl (C=O) groups is 6. The Hall–Kier alpha value is -13.4. The topological polar surface area (TPSA) is 496 Å². The van der Waals surface area contributed by atoms with Crippen LogP contribution in [0, 0.1) is 59.8 Å². The van der Waals surface area contributed by atoms with E-state index in [1.54, 1.807) is 137 Å². The molecule has 36 heteroatoms. The summed E-state index contributed by atoms with van der Waals surface area (Å²) in [5, 5.41) is 102. The highest BCUT2D eigenvalue weighted by molar-refractivity contribution is 6.03. The molecule has 0 amide bonds. The number of hydrogen-bond donors (Lipinski definition) is 6. The lowest BCUT2D eigenvalue weighted by Gasteiger charge is -2.06. The number of pyridine rings is 1. The van der Waals surface area contributed by atoms with Gasteiger partial charge in [-0.25, -0.2) is 44.3 Å². The van der Waals surface area contributed by atoms with Crippen LogP contribution in [-0.2, 0) is 42.3 Å². The van der Waals surface area contributed by atoms with Gasteiger partial charge in [-0.15, -0.1) is 0 Å². The zero-order valence-corrected chi connectivity index (χ0v) is 57.3. The van der Waals surface area contributed by atoms with Crippen molar-refractivity contribution in [3.8, 4) is 73.6 Å². The fraction of sp³-hybridized carbons (Fsp3) is 0.242. The lowest BCUT2D eigenvalue weighted by molar-refractivity contribution is 0.0675. The molecule has 0 aliphatic heterocycles. The minimum absolute atomic E-state index is 0.0715. The van der Waals surface area contributed by atoms with Gasteiger partial charge < -0.3 is 30.6 Å². The summed E-state index contributed by atoms with van der Waals surface area (Å²) in [6.07, 6.45) is 18.7. The number of rotatable bonds is 15. The van der Waals surface area contributed by atoms with Crippen molar-refractivity contribution < 1.29 is 59.4 Å². The van der Waals surface area contributed by atoms with E-state index in [1.165, 1.54) is 52.9 Å². The number of aliphatic hydroxyl groups excluding tert-OH is 3. The number of carboxylic acids is 3. The molecule has 0 bridgehead atoms. The molecule has 36 nitrogen and oxygen atoms in total. The first-order valence-electron chi connectivity index (χ1n) is 30.2. The van der Waals surface area contributed by atoms with Gasteiger partial charge in [0.05, 0.1) is 99.2 Å². The number of Topliss-reactive ketones (excluding diaryl/α,β-unsaturated/α-hetero) is 3. The molecule has 12 rings (SSSR count). The van der Waals surface area contributed by atoms with E-state index in [1.807, 2.05) is 39.8 Å². The Labute approximate surface area is 580 Å². The van der Waals surface area contributed by atoms with E-state index >= 15 is 0 Å². The fourth-order valence-electron chi connectivity index (χ4n) is 9.82. The number of aromatic nitrogens is 23. The first kappa shape index (κ1) is 76.0. The van der Waals surface area contributed by atoms with E-state index in [-0.39, 0.29) is 34.4 Å². The summed E-state index contributed by atoms with van der Waals surface area (Å²) in [5.74, 6) is -2.40. The molecule has 0 radical (unpaired) electrons. The van der Waals surface area contributed by atoms with Gasteiger partial charge in [-0.2, -0.15) is 56.2 Å². The molecule has 0 atom stereocenters. The van der Waals surface area contributed by atoms with E-state index in [0.29, 0.717) is 108 Å². The summed E-state index contributed by atoms with van der Waals surface area (Å²) >= 11 is 0. The van der Waals surface area contributed by atoms with Gasteiger partial charge in [-0.05, 0) is 101 Å². The van der Waals surface area contributed by atoms with E-state index in [4.69, 9.17) is 35.9 Å². The Balaban J connectivity index is 0.000000172. The van der Waals surface area contributed by atoms with Crippen LogP contribution in [-0.4, -0.2) is 200 Å². The lowest BCUT2D eigenvalue weighted by Crippen LogP contribution is -2.12. The Bertz CT molecular complexity index is 5100. The second-order valence-corrected chi connectivity index (χ2v) is 21.9. The van der Waals surface area contributed by atoms with E-state index in [2.05, 4.69) is 85.9 Å². The highest BCUT2D eigenvalue weighted by Crippen LogP contribution is 2.29. The summed E-state index contributed by atoms with van der Waals surface area (Å²) < 4.78 is 8.23. The average Bonchev–Trinajstić information content (AvgIpc) is 1.63. The molecule has 0 saturated heterocycles. The highest BCUT2D eigenvalue weighted by Gasteiger charge is 2.25. The number of aromatic carboxylic acids is 3. The Morgan fingerprint density at radius 2 is 0.696 bits per heavy atom. The molecule has 12 aromatic heterocycles. The lowest BCUT2D eigenvalue weighted by atomic mass is 10.1. The van der Waals surface area contributed by atoms with Crippen LogP contribution in [0.5, 0.6) is 0 Å². The van der Waals surface area contributed by atoms with Crippen molar-refractivity contribution >= 4 is 35.3 Å². The van der Waals surface area contributed by atoms with Gasteiger partial charge >= 0.3 is 17.9 Å². The number of ketones is 3. The number of aryl methyl sites for hydroxylation is 13. The molecule has 0 aliphatic rings. The molecule has 6 N–H and O–H groups in total. The van der Waals surface area contributed by atoms with Crippen LogP contribution in [0.25, 0.3) is 67.5 Å². The molecule has 0 aliphatic carbocycles. The second kappa shape index (κ2) is 34.2. The van der Waals surface area contributed by atoms with E-state index in [9.17, 15) is 28.8 Å². The SMILES string of the molecule is Cc1ccnnc1-c1cnn(C)c1C(=O)CO.Cc1ccnnc1-c1cnn(C)c1C(=O)O.Cc1ncc(C)c(-c2cnn(C)c2C(=O)CO)n1.Cc1ncc(C)c(-c2cnn(C)c2C(=O)O)n1.Cc1nccc(-c2cnn(C)c2C(=O)CO)n1.Cn1ncc(-c2ccc(C#N)cn2)c1C(=O)O. The van der Waals surface area contributed by atoms with Crippen LogP contribution >= 0.6 is 0 Å². The predicted octanol–water partition coefficient (Wildman–Crippen LogP) is 4.52. The van der Waals surface area contributed by atoms with Crippen molar-refractivity contribution in [1.82, 2.24) is 114 Å². The number of carbonyl (C=O) groups excluding carboxylic acids is 3. The highest BCUT2D eigenvalue weighted by atomic mass is 16.4. The third kappa shape index (κ3) is 17.8. The molecule has 524 valence electrons. The van der Waals surface area contributed by atoms with Crippen LogP contribution in [0.4, 0.5) is 0 Å². The Morgan fingerprint density at radius 3 is 1.05 bits per heavy atom. The Morgan fingerprint density at radius 1 is 0.363 bits per heavy atom. The van der Waals surface area contributed by atoms with Gasteiger partial charge in [0.2, 0.25) is 17.3 Å². The molecule has 12 heterocycles. The molecule has 0 fully saturated rings. The standard InChI is InChI=1S/C12H14N4O2.3C11H12N4O2.C11H8N4O2.C10H10N4O2/c1-7-4-13-8(2)15-11(7)9-5-14-16(3)12(9)10(18)6-17;1-6-4-12-7(2)14-9(6)8-5-13-15(3)10(8)11(16)17;1-7-12-4-3-9(14-7)8-5-13-15(2)11(8)10(17)6-16;1-7-3-4-12-14-10(7)8-5-13-15(2)11(8)9(17)6-16;1-15-10(11(16)17)8(6-14-15)9-3-2-7(4-12)5-13-9;1-6-3-4-11-13-8(6)7-5-12-14(2)9(7)10(15)16/h4-5,17H,6H2,1-3H3;4-5H,1-3H3,(H,16,17);2*3-5,16H,6H2,1-2H3;2-3,5-6H,1H3,(H,16,17);3-5H,1-2H3,(H,15,16). The third-order valence-electron chi connectivity index (χ3n) is 14.7. The van der Waals surface area contributed by atoms with Gasteiger partial charge in [0.15, 0.2) is 17.1 Å². The van der Waals surface area contributed by atoms with E-state index in [0.717, 1.165) is 22.3 Å². The number of hydrogen-bond acceptors (Lipinski definition) is 27. The maximum Gasteiger partial charge on any atom is 0.354 e. The van der Waals surface area contributed by atoms with Gasteiger partial charge in [-0.3, -0.25) is 47.5 Å². The summed E-state index contributed by atoms with van der Waals surface area (Å²) in [7, 11) is 9.69. The molecule has 0 saturated carbocycles. The predicted molar refractivity (Wildman–Crippen MR) is 361 cm³/mol. The second-order valence-electron chi connectivity index (χ2n) is 21.9. The first-order chi connectivity index (χ1) is 48.6.